The smallest absolute Gasteiger partial charge is 0.189 e. The summed E-state index contributed by atoms with van der Waals surface area (Å²) in [6.07, 6.45) is 2.03. The van der Waals surface area contributed by atoms with Gasteiger partial charge in [-0.15, -0.1) is 0 Å². The second-order valence-electron chi connectivity index (χ2n) is 4.71. The Balaban J connectivity index is 1.93. The van der Waals surface area contributed by atoms with Gasteiger partial charge < -0.3 is 0 Å². The zero-order chi connectivity index (χ0) is 14.4. The average molecular weight is 286 g/mol. The largest absolute Gasteiger partial charge is 0.282 e. The summed E-state index contributed by atoms with van der Waals surface area (Å²) in [7, 11) is 0. The second kappa shape index (κ2) is 7.17. The van der Waals surface area contributed by atoms with Crippen molar-refractivity contribution < 1.29 is 8.39 Å². The molecule has 2 aromatic carbocycles. The topological polar surface area (TPSA) is 26.3 Å². The molecular weight excluding hydrogens is 268 g/mol. The van der Waals surface area contributed by atoms with Crippen LogP contribution in [0.5, 0.6) is 0 Å². The minimum absolute atomic E-state index is 0.357. The Kier molecular flexibility index (Phi) is 5.27. The van der Waals surface area contributed by atoms with Crippen molar-refractivity contribution >= 4 is 17.2 Å². The fourth-order valence-corrected chi connectivity index (χ4v) is 2.53. The first-order chi connectivity index (χ1) is 9.65. The molecule has 0 amide bonds. The highest BCUT2D eigenvalue weighted by Crippen LogP contribution is 2.12. The molecule has 1 atom stereocenters. The lowest BCUT2D eigenvalue weighted by atomic mass is 10.1. The summed E-state index contributed by atoms with van der Waals surface area (Å²) in [5.74, 6) is 0. The monoisotopic (exact) mass is 286 g/mol. The van der Waals surface area contributed by atoms with Crippen molar-refractivity contribution in [2.45, 2.75) is 18.7 Å². The Bertz CT molecular complexity index is 601. The predicted molar refractivity (Wildman–Crippen MR) is 83.6 cm³/mol. The Morgan fingerprint density at radius 3 is 2.40 bits per heavy atom. The van der Waals surface area contributed by atoms with Crippen molar-refractivity contribution in [2.24, 2.45) is 0 Å². The minimum Gasteiger partial charge on any atom is -0.282 e. The van der Waals surface area contributed by atoms with Crippen LogP contribution < -0.4 is 0 Å². The van der Waals surface area contributed by atoms with Gasteiger partial charge in [-0.2, -0.15) is 0 Å². The summed E-state index contributed by atoms with van der Waals surface area (Å²) in [5.41, 5.74) is 3.30. The molecule has 20 heavy (non-hydrogen) atoms. The van der Waals surface area contributed by atoms with Gasteiger partial charge in [-0.25, -0.2) is 4.21 Å². The van der Waals surface area contributed by atoms with Crippen LogP contribution in [-0.4, -0.2) is 10.8 Å². The maximum Gasteiger partial charge on any atom is 0.189 e. The molecule has 2 nitrogen and oxygen atoms in total. The lowest BCUT2D eigenvalue weighted by Gasteiger charge is -2.04. The van der Waals surface area contributed by atoms with Crippen molar-refractivity contribution in [1.29, 1.82) is 0 Å². The van der Waals surface area contributed by atoms with Crippen LogP contribution in [0, 0.1) is 6.92 Å². The summed E-state index contributed by atoms with van der Waals surface area (Å²) >= 11 is -1.41. The molecule has 1 unspecified atom stereocenters. The molecule has 0 bridgehead atoms. The zero-order valence-corrected chi connectivity index (χ0v) is 12.5. The van der Waals surface area contributed by atoms with E-state index in [0.29, 0.717) is 11.5 Å². The highest BCUT2D eigenvalue weighted by molar-refractivity contribution is 7.80. The third-order valence-electron chi connectivity index (χ3n) is 2.82. The maximum atomic E-state index is 12.0. The lowest BCUT2D eigenvalue weighted by molar-refractivity contribution is 0.384. The lowest BCUT2D eigenvalue weighted by Crippen LogP contribution is -2.01. The molecular formula is C17H18O2S. The van der Waals surface area contributed by atoms with Crippen molar-refractivity contribution in [1.82, 2.24) is 0 Å². The molecule has 0 aliphatic heterocycles. The molecule has 0 saturated heterocycles. The number of hydrogen-bond donors (Lipinski definition) is 0. The van der Waals surface area contributed by atoms with Gasteiger partial charge >= 0.3 is 0 Å². The molecule has 0 saturated carbocycles. The van der Waals surface area contributed by atoms with Crippen molar-refractivity contribution in [3.63, 3.8) is 0 Å². The zero-order valence-electron chi connectivity index (χ0n) is 11.7. The van der Waals surface area contributed by atoms with Crippen LogP contribution in [0.4, 0.5) is 0 Å². The first-order valence-corrected chi connectivity index (χ1v) is 7.56. The number of rotatable bonds is 5. The van der Waals surface area contributed by atoms with E-state index < -0.39 is 11.1 Å². The second-order valence-corrected chi connectivity index (χ2v) is 5.89. The average Bonchev–Trinajstić information content (AvgIpc) is 2.46. The first-order valence-electron chi connectivity index (χ1n) is 6.49. The van der Waals surface area contributed by atoms with Crippen LogP contribution >= 0.6 is 0 Å². The standard InChI is InChI=1S/C17H18O2S/c1-14-8-10-17(11-9-14)20(18)19-13-15(2)12-16-6-4-3-5-7-16/h3-12H,13H2,1-2H3/b15-12+. The third-order valence-corrected chi connectivity index (χ3v) is 3.81. The van der Waals surface area contributed by atoms with Gasteiger partial charge in [-0.05, 0) is 37.1 Å². The molecule has 2 aromatic rings. The van der Waals surface area contributed by atoms with E-state index in [4.69, 9.17) is 4.18 Å². The summed E-state index contributed by atoms with van der Waals surface area (Å²) in [4.78, 5) is 0.697. The molecule has 0 aromatic heterocycles. The Labute approximate surface area is 122 Å². The molecule has 0 N–H and O–H groups in total. The van der Waals surface area contributed by atoms with Gasteiger partial charge in [-0.3, -0.25) is 4.18 Å². The van der Waals surface area contributed by atoms with Gasteiger partial charge in [0.05, 0.1) is 11.5 Å². The maximum absolute atomic E-state index is 12.0. The van der Waals surface area contributed by atoms with Crippen molar-refractivity contribution in [2.75, 3.05) is 6.61 Å². The highest BCUT2D eigenvalue weighted by atomic mass is 32.2. The summed E-state index contributed by atoms with van der Waals surface area (Å²) in [6.45, 7) is 4.33. The number of aryl methyl sites for hydroxylation is 1. The summed E-state index contributed by atoms with van der Waals surface area (Å²) < 4.78 is 17.4. The predicted octanol–water partition coefficient (Wildman–Crippen LogP) is 4.14. The van der Waals surface area contributed by atoms with E-state index >= 15 is 0 Å². The van der Waals surface area contributed by atoms with Crippen LogP contribution in [0.1, 0.15) is 18.1 Å². The molecule has 0 aliphatic carbocycles. The van der Waals surface area contributed by atoms with E-state index in [1.807, 2.05) is 74.5 Å². The van der Waals surface area contributed by atoms with Crippen LogP contribution in [0.15, 0.2) is 65.1 Å². The van der Waals surface area contributed by atoms with E-state index in [1.54, 1.807) is 0 Å². The third kappa shape index (κ3) is 4.44. The normalized spacial score (nSPS) is 13.2. The SMILES string of the molecule is C/C(=C\c1ccccc1)COS(=O)c1ccc(C)cc1. The van der Waals surface area contributed by atoms with E-state index in [0.717, 1.165) is 16.7 Å². The van der Waals surface area contributed by atoms with Crippen molar-refractivity contribution in [3.8, 4) is 0 Å². The van der Waals surface area contributed by atoms with Gasteiger partial charge in [0.2, 0.25) is 0 Å². The van der Waals surface area contributed by atoms with Gasteiger partial charge in [-0.1, -0.05) is 54.1 Å². The Hall–Kier alpha value is -1.71. The Morgan fingerprint density at radius 1 is 1.10 bits per heavy atom. The van der Waals surface area contributed by atoms with E-state index in [2.05, 4.69) is 0 Å². The minimum atomic E-state index is -1.41. The number of benzene rings is 2. The van der Waals surface area contributed by atoms with E-state index in [1.165, 1.54) is 0 Å². The van der Waals surface area contributed by atoms with E-state index in [9.17, 15) is 4.21 Å². The highest BCUT2D eigenvalue weighted by Gasteiger charge is 2.04. The molecule has 0 radical (unpaired) electrons. The number of hydrogen-bond acceptors (Lipinski definition) is 2. The molecule has 0 spiro atoms. The van der Waals surface area contributed by atoms with Gasteiger partial charge in [0.15, 0.2) is 11.1 Å². The molecule has 0 fully saturated rings. The summed E-state index contributed by atoms with van der Waals surface area (Å²) in [5, 5.41) is 0. The van der Waals surface area contributed by atoms with Crippen LogP contribution in [0.2, 0.25) is 0 Å². The van der Waals surface area contributed by atoms with Crippen molar-refractivity contribution in [3.05, 3.63) is 71.3 Å². The first kappa shape index (κ1) is 14.7. The van der Waals surface area contributed by atoms with E-state index in [-0.39, 0.29) is 0 Å². The Morgan fingerprint density at radius 2 is 1.75 bits per heavy atom. The molecule has 0 heterocycles. The molecule has 2 rings (SSSR count). The van der Waals surface area contributed by atoms with Crippen LogP contribution in [0.25, 0.3) is 6.08 Å². The fraction of sp³-hybridized carbons (Fsp3) is 0.176. The van der Waals surface area contributed by atoms with Gasteiger partial charge in [0, 0.05) is 0 Å². The molecule has 3 heteroatoms. The van der Waals surface area contributed by atoms with Crippen LogP contribution in [0.3, 0.4) is 0 Å². The molecule has 104 valence electrons. The molecule has 0 aliphatic rings. The fourth-order valence-electron chi connectivity index (χ4n) is 1.74. The van der Waals surface area contributed by atoms with Gasteiger partial charge in [0.25, 0.3) is 0 Å². The van der Waals surface area contributed by atoms with Gasteiger partial charge in [0.1, 0.15) is 0 Å². The summed E-state index contributed by atoms with van der Waals surface area (Å²) in [6, 6.07) is 17.6. The quantitative estimate of drug-likeness (QED) is 0.826. The van der Waals surface area contributed by atoms with Crippen LogP contribution in [-0.2, 0) is 15.3 Å².